The summed E-state index contributed by atoms with van der Waals surface area (Å²) in [5.74, 6) is 0.570. The van der Waals surface area contributed by atoms with Gasteiger partial charge in [0.15, 0.2) is 0 Å². The van der Waals surface area contributed by atoms with Crippen LogP contribution in [-0.2, 0) is 10.9 Å². The van der Waals surface area contributed by atoms with E-state index >= 15 is 0 Å². The van der Waals surface area contributed by atoms with Crippen LogP contribution in [0.1, 0.15) is 38.2 Å². The molecule has 0 atom stereocenters. The normalized spacial score (nSPS) is 10.2. The summed E-state index contributed by atoms with van der Waals surface area (Å²) in [5, 5.41) is 0. The molecular formula is C11H17NNaO2S. The molecule has 0 fully saturated rings. The molecule has 0 aromatic heterocycles. The molecule has 0 unspecified atom stereocenters. The van der Waals surface area contributed by atoms with Crippen molar-refractivity contribution in [1.29, 1.82) is 0 Å². The molecule has 1 aromatic rings. The second kappa shape index (κ2) is 8.12. The average molecular weight is 250 g/mol. The third-order valence-electron chi connectivity index (χ3n) is 2.59. The van der Waals surface area contributed by atoms with Gasteiger partial charge in [-0.3, -0.25) is 4.72 Å². The van der Waals surface area contributed by atoms with Crippen LogP contribution in [0, 0.1) is 0 Å². The molecule has 0 aliphatic rings. The molecule has 0 spiro atoms. The summed E-state index contributed by atoms with van der Waals surface area (Å²) in [7, 11) is -2.56. The Hall–Kier alpha value is -0.0300. The van der Waals surface area contributed by atoms with Crippen LogP contribution in [0.15, 0.2) is 24.3 Å². The molecule has 0 saturated heterocycles. The van der Waals surface area contributed by atoms with Crippen molar-refractivity contribution in [2.45, 2.75) is 32.6 Å². The number of hydrogen-bond donors (Lipinski definition) is 2. The van der Waals surface area contributed by atoms with Crippen LogP contribution in [0.3, 0.4) is 0 Å². The monoisotopic (exact) mass is 250 g/mol. The minimum Gasteiger partial charge on any atom is -0.286 e. The van der Waals surface area contributed by atoms with E-state index in [2.05, 4.69) is 18.6 Å². The SMILES string of the molecule is CCC(CC)c1ccc(N[SH](=O)=O)cc1.[Na]. The predicted molar refractivity (Wildman–Crippen MR) is 69.5 cm³/mol. The van der Waals surface area contributed by atoms with Crippen molar-refractivity contribution in [3.8, 4) is 0 Å². The first-order valence-electron chi connectivity index (χ1n) is 5.18. The fourth-order valence-electron chi connectivity index (χ4n) is 1.70. The van der Waals surface area contributed by atoms with Gasteiger partial charge in [0.2, 0.25) is 10.9 Å². The van der Waals surface area contributed by atoms with E-state index in [-0.39, 0.29) is 29.6 Å². The molecule has 0 aliphatic carbocycles. The van der Waals surface area contributed by atoms with E-state index in [1.807, 2.05) is 12.1 Å². The van der Waals surface area contributed by atoms with Gasteiger partial charge < -0.3 is 0 Å². The van der Waals surface area contributed by atoms with Crippen molar-refractivity contribution in [1.82, 2.24) is 0 Å². The number of anilines is 1. The molecule has 0 saturated carbocycles. The number of benzene rings is 1. The molecule has 85 valence electrons. The Labute approximate surface area is 121 Å². The zero-order valence-corrected chi connectivity index (χ0v) is 13.0. The fraction of sp³-hybridized carbons (Fsp3) is 0.455. The maximum Gasteiger partial charge on any atom is 0.222 e. The molecule has 1 rings (SSSR count). The zero-order valence-electron chi connectivity index (χ0n) is 10.1. The van der Waals surface area contributed by atoms with E-state index in [4.69, 9.17) is 0 Å². The largest absolute Gasteiger partial charge is 0.286 e. The molecule has 0 bridgehead atoms. The van der Waals surface area contributed by atoms with Gasteiger partial charge in [0.25, 0.3) is 0 Å². The third kappa shape index (κ3) is 4.87. The number of rotatable bonds is 5. The van der Waals surface area contributed by atoms with E-state index in [9.17, 15) is 8.42 Å². The van der Waals surface area contributed by atoms with Crippen LogP contribution >= 0.6 is 0 Å². The molecule has 16 heavy (non-hydrogen) atoms. The molecule has 1 aromatic carbocycles. The summed E-state index contributed by atoms with van der Waals surface area (Å²) in [4.78, 5) is 0. The molecule has 0 aliphatic heterocycles. The molecule has 0 amide bonds. The van der Waals surface area contributed by atoms with E-state index in [0.29, 0.717) is 11.6 Å². The van der Waals surface area contributed by atoms with Gasteiger partial charge >= 0.3 is 0 Å². The maximum absolute atomic E-state index is 10.4. The van der Waals surface area contributed by atoms with Crippen molar-refractivity contribution >= 4 is 46.1 Å². The number of thiol groups is 1. The van der Waals surface area contributed by atoms with Gasteiger partial charge in [0.1, 0.15) is 0 Å². The van der Waals surface area contributed by atoms with Crippen molar-refractivity contribution in [3.63, 3.8) is 0 Å². The standard InChI is InChI=1S/C11H17NO2S.Na/c1-3-9(4-2)10-5-7-11(8-6-10)12-15(13)14;/h5-9,15H,3-4H2,1-2H3,(H,12,13,14);. The summed E-state index contributed by atoms with van der Waals surface area (Å²) in [5.41, 5.74) is 1.90. The fourth-order valence-corrected chi connectivity index (χ4v) is 2.06. The molecule has 3 nitrogen and oxygen atoms in total. The van der Waals surface area contributed by atoms with Crippen LogP contribution in [0.2, 0.25) is 0 Å². The summed E-state index contributed by atoms with van der Waals surface area (Å²) in [6.45, 7) is 4.32. The second-order valence-electron chi connectivity index (χ2n) is 3.50. The Morgan fingerprint density at radius 3 is 2.00 bits per heavy atom. The molecule has 1 radical (unpaired) electrons. The second-order valence-corrected chi connectivity index (χ2v) is 4.24. The van der Waals surface area contributed by atoms with Gasteiger partial charge in [-0.25, -0.2) is 8.42 Å². The van der Waals surface area contributed by atoms with Crippen LogP contribution in [0.25, 0.3) is 0 Å². The summed E-state index contributed by atoms with van der Waals surface area (Å²) >= 11 is 0. The van der Waals surface area contributed by atoms with E-state index < -0.39 is 10.9 Å². The topological polar surface area (TPSA) is 46.2 Å². The maximum atomic E-state index is 10.4. The molecule has 1 N–H and O–H groups in total. The minimum absolute atomic E-state index is 0. The first-order chi connectivity index (χ1) is 7.17. The van der Waals surface area contributed by atoms with Gasteiger partial charge in [-0.2, -0.15) is 0 Å². The Morgan fingerprint density at radius 2 is 1.62 bits per heavy atom. The van der Waals surface area contributed by atoms with Crippen LogP contribution in [-0.4, -0.2) is 38.0 Å². The third-order valence-corrected chi connectivity index (χ3v) is 3.03. The number of nitrogens with one attached hydrogen (secondary N) is 1. The van der Waals surface area contributed by atoms with Crippen LogP contribution in [0.4, 0.5) is 5.69 Å². The van der Waals surface area contributed by atoms with Gasteiger partial charge in [-0.1, -0.05) is 26.0 Å². The Morgan fingerprint density at radius 1 is 1.12 bits per heavy atom. The van der Waals surface area contributed by atoms with Crippen molar-refractivity contribution in [2.75, 3.05) is 4.72 Å². The van der Waals surface area contributed by atoms with E-state index in [1.165, 1.54) is 5.56 Å². The summed E-state index contributed by atoms with van der Waals surface area (Å²) in [6.07, 6.45) is 2.22. The van der Waals surface area contributed by atoms with Crippen molar-refractivity contribution in [3.05, 3.63) is 29.8 Å². The summed E-state index contributed by atoms with van der Waals surface area (Å²) < 4.78 is 23.2. The summed E-state index contributed by atoms with van der Waals surface area (Å²) in [6, 6.07) is 7.58. The van der Waals surface area contributed by atoms with Crippen LogP contribution < -0.4 is 4.72 Å². The van der Waals surface area contributed by atoms with E-state index in [0.717, 1.165) is 12.8 Å². The van der Waals surface area contributed by atoms with Gasteiger partial charge in [0.05, 0.1) is 0 Å². The van der Waals surface area contributed by atoms with Crippen molar-refractivity contribution in [2.24, 2.45) is 0 Å². The smallest absolute Gasteiger partial charge is 0.222 e. The van der Waals surface area contributed by atoms with Gasteiger partial charge in [-0.15, -0.1) is 0 Å². The average Bonchev–Trinajstić information content (AvgIpc) is 2.21. The quantitative estimate of drug-likeness (QED) is 0.621. The van der Waals surface area contributed by atoms with Gasteiger partial charge in [-0.05, 0) is 36.5 Å². The van der Waals surface area contributed by atoms with Crippen LogP contribution in [0.5, 0.6) is 0 Å². The Balaban J connectivity index is 0.00000225. The Bertz CT molecular complexity index is 364. The first kappa shape index (κ1) is 16.0. The number of hydrogen-bond acceptors (Lipinski definition) is 2. The van der Waals surface area contributed by atoms with Crippen molar-refractivity contribution < 1.29 is 8.42 Å². The predicted octanol–water partition coefficient (Wildman–Crippen LogP) is 2.15. The zero-order chi connectivity index (χ0) is 11.3. The van der Waals surface area contributed by atoms with Gasteiger partial charge in [0, 0.05) is 35.2 Å². The minimum atomic E-state index is -2.56. The molecular weight excluding hydrogens is 233 g/mol. The molecule has 0 heterocycles. The first-order valence-corrected chi connectivity index (χ1v) is 6.36. The van der Waals surface area contributed by atoms with E-state index in [1.54, 1.807) is 12.1 Å². The molecule has 5 heteroatoms. The Kier molecular flexibility index (Phi) is 8.10.